The van der Waals surface area contributed by atoms with Gasteiger partial charge in [0.25, 0.3) is 5.56 Å². The highest BCUT2D eigenvalue weighted by atomic mass is 16.5. The van der Waals surface area contributed by atoms with Crippen LogP contribution in [-0.2, 0) is 4.74 Å². The number of hydrogen-bond donors (Lipinski definition) is 1. The number of aromatic amines is 1. The van der Waals surface area contributed by atoms with Crippen LogP contribution in [0.2, 0.25) is 0 Å². The predicted octanol–water partition coefficient (Wildman–Crippen LogP) is 0.710. The van der Waals surface area contributed by atoms with Gasteiger partial charge in [0.15, 0.2) is 0 Å². The lowest BCUT2D eigenvalue weighted by atomic mass is 10.1. The number of ether oxygens (including phenoxy) is 1. The lowest BCUT2D eigenvalue weighted by molar-refractivity contribution is 0.0602. The third-order valence-electron chi connectivity index (χ3n) is 2.11. The Morgan fingerprint density at radius 2 is 2.27 bits per heavy atom. The molecule has 0 aliphatic carbocycles. The molecule has 5 heteroatoms. The van der Waals surface area contributed by atoms with Gasteiger partial charge in [0.1, 0.15) is 0 Å². The van der Waals surface area contributed by atoms with Crippen molar-refractivity contribution in [3.8, 4) is 0 Å². The molecule has 0 saturated heterocycles. The molecule has 0 unspecified atom stereocenters. The van der Waals surface area contributed by atoms with Crippen LogP contribution in [0.15, 0.2) is 29.5 Å². The Morgan fingerprint density at radius 1 is 1.47 bits per heavy atom. The summed E-state index contributed by atoms with van der Waals surface area (Å²) in [5, 5.41) is 0.918. The molecular weight excluding hydrogens is 196 g/mol. The van der Waals surface area contributed by atoms with Crippen molar-refractivity contribution in [2.24, 2.45) is 0 Å². The molecule has 0 aliphatic heterocycles. The predicted molar refractivity (Wildman–Crippen MR) is 53.7 cm³/mol. The fourth-order valence-electron chi connectivity index (χ4n) is 1.38. The second-order valence-electron chi connectivity index (χ2n) is 2.94. The molecule has 0 radical (unpaired) electrons. The lowest BCUT2D eigenvalue weighted by Crippen LogP contribution is -2.11. The summed E-state index contributed by atoms with van der Waals surface area (Å²) >= 11 is 0. The highest BCUT2D eigenvalue weighted by Gasteiger charge is 2.11. The van der Waals surface area contributed by atoms with Crippen LogP contribution in [0.5, 0.6) is 0 Å². The van der Waals surface area contributed by atoms with Crippen molar-refractivity contribution >= 4 is 16.7 Å². The fraction of sp³-hybridized carbons (Fsp3) is 0.100. The summed E-state index contributed by atoms with van der Waals surface area (Å²) in [5.41, 5.74) is 0.0558. The van der Waals surface area contributed by atoms with E-state index in [-0.39, 0.29) is 5.56 Å². The van der Waals surface area contributed by atoms with Gasteiger partial charge in [-0.1, -0.05) is 0 Å². The molecular formula is C10H8N2O3. The standard InChI is InChI=1S/C10H8N2O3/c1-15-10(14)8-5-12-9(13)6-2-3-11-4-7(6)8/h2-5H,1H3,(H,12,13). The number of H-pyrrole nitrogens is 1. The van der Waals surface area contributed by atoms with Crippen LogP contribution < -0.4 is 5.56 Å². The van der Waals surface area contributed by atoms with Crippen molar-refractivity contribution < 1.29 is 9.53 Å². The van der Waals surface area contributed by atoms with Gasteiger partial charge in [0.05, 0.1) is 18.1 Å². The number of nitrogens with one attached hydrogen (secondary N) is 1. The largest absolute Gasteiger partial charge is 0.465 e. The molecule has 2 aromatic heterocycles. The molecule has 0 aromatic carbocycles. The van der Waals surface area contributed by atoms with Crippen molar-refractivity contribution in [2.45, 2.75) is 0 Å². The molecule has 0 saturated carbocycles. The summed E-state index contributed by atoms with van der Waals surface area (Å²) in [7, 11) is 1.29. The van der Waals surface area contributed by atoms with Crippen LogP contribution in [0.4, 0.5) is 0 Å². The minimum absolute atomic E-state index is 0.250. The third kappa shape index (κ3) is 1.48. The molecule has 0 bridgehead atoms. The molecule has 0 amide bonds. The van der Waals surface area contributed by atoms with E-state index in [1.165, 1.54) is 25.7 Å². The van der Waals surface area contributed by atoms with Crippen LogP contribution >= 0.6 is 0 Å². The molecule has 2 aromatic rings. The van der Waals surface area contributed by atoms with Crippen molar-refractivity contribution in [1.82, 2.24) is 9.97 Å². The average molecular weight is 204 g/mol. The van der Waals surface area contributed by atoms with Crippen molar-refractivity contribution in [2.75, 3.05) is 7.11 Å². The van der Waals surface area contributed by atoms with E-state index in [1.54, 1.807) is 6.07 Å². The Bertz CT molecular complexity index is 574. The molecule has 0 atom stereocenters. The first-order valence-corrected chi connectivity index (χ1v) is 4.28. The van der Waals surface area contributed by atoms with E-state index in [0.717, 1.165) is 0 Å². The van der Waals surface area contributed by atoms with E-state index in [0.29, 0.717) is 16.3 Å². The van der Waals surface area contributed by atoms with Gasteiger partial charge >= 0.3 is 5.97 Å². The quantitative estimate of drug-likeness (QED) is 0.694. The topological polar surface area (TPSA) is 72.1 Å². The lowest BCUT2D eigenvalue weighted by Gasteiger charge is -2.02. The van der Waals surface area contributed by atoms with Gasteiger partial charge in [-0.25, -0.2) is 4.79 Å². The average Bonchev–Trinajstić information content (AvgIpc) is 2.29. The normalized spacial score (nSPS) is 10.2. The number of pyridine rings is 2. The van der Waals surface area contributed by atoms with E-state index >= 15 is 0 Å². The molecule has 76 valence electrons. The Morgan fingerprint density at radius 3 is 3.00 bits per heavy atom. The van der Waals surface area contributed by atoms with Crippen molar-refractivity contribution in [3.05, 3.63) is 40.6 Å². The van der Waals surface area contributed by atoms with E-state index in [4.69, 9.17) is 0 Å². The van der Waals surface area contributed by atoms with Crippen LogP contribution in [0.3, 0.4) is 0 Å². The number of carbonyl (C=O) groups is 1. The Kier molecular flexibility index (Phi) is 2.21. The molecule has 5 nitrogen and oxygen atoms in total. The Labute approximate surface area is 84.7 Å². The Balaban J connectivity index is 2.83. The number of aromatic nitrogens is 2. The number of hydrogen-bond acceptors (Lipinski definition) is 4. The smallest absolute Gasteiger partial charge is 0.340 e. The van der Waals surface area contributed by atoms with Crippen LogP contribution in [0.1, 0.15) is 10.4 Å². The van der Waals surface area contributed by atoms with E-state index in [9.17, 15) is 9.59 Å². The SMILES string of the molecule is COC(=O)c1c[nH]c(=O)c2ccncc12. The summed E-state index contributed by atoms with van der Waals surface area (Å²) < 4.78 is 4.60. The number of nitrogens with zero attached hydrogens (tertiary/aromatic N) is 1. The monoisotopic (exact) mass is 204 g/mol. The van der Waals surface area contributed by atoms with Crippen molar-refractivity contribution in [1.29, 1.82) is 0 Å². The zero-order valence-corrected chi connectivity index (χ0v) is 7.98. The summed E-state index contributed by atoms with van der Waals surface area (Å²) in [6, 6.07) is 1.56. The minimum atomic E-state index is -0.496. The number of esters is 1. The van der Waals surface area contributed by atoms with Gasteiger partial charge in [0.2, 0.25) is 0 Å². The highest BCUT2D eigenvalue weighted by Crippen LogP contribution is 2.13. The highest BCUT2D eigenvalue weighted by molar-refractivity contribution is 6.03. The summed E-state index contributed by atoms with van der Waals surface area (Å²) in [6.07, 6.45) is 4.30. The number of carbonyl (C=O) groups excluding carboxylic acids is 1. The summed E-state index contributed by atoms with van der Waals surface area (Å²) in [5.74, 6) is -0.496. The zero-order valence-electron chi connectivity index (χ0n) is 7.98. The van der Waals surface area contributed by atoms with Gasteiger partial charge in [-0.05, 0) is 6.07 Å². The zero-order chi connectivity index (χ0) is 10.8. The van der Waals surface area contributed by atoms with E-state index in [1.807, 2.05) is 0 Å². The summed E-state index contributed by atoms with van der Waals surface area (Å²) in [6.45, 7) is 0. The van der Waals surface area contributed by atoms with E-state index < -0.39 is 5.97 Å². The molecule has 0 spiro atoms. The molecule has 15 heavy (non-hydrogen) atoms. The first-order chi connectivity index (χ1) is 7.24. The Hall–Kier alpha value is -2.17. The maximum absolute atomic E-state index is 11.4. The third-order valence-corrected chi connectivity index (χ3v) is 2.11. The maximum Gasteiger partial charge on any atom is 0.340 e. The molecule has 1 N–H and O–H groups in total. The van der Waals surface area contributed by atoms with Crippen molar-refractivity contribution in [3.63, 3.8) is 0 Å². The first kappa shape index (κ1) is 9.39. The summed E-state index contributed by atoms with van der Waals surface area (Å²) in [4.78, 5) is 29.1. The first-order valence-electron chi connectivity index (χ1n) is 4.28. The van der Waals surface area contributed by atoms with Gasteiger partial charge in [-0.2, -0.15) is 0 Å². The van der Waals surface area contributed by atoms with Gasteiger partial charge < -0.3 is 9.72 Å². The van der Waals surface area contributed by atoms with Gasteiger partial charge in [-0.15, -0.1) is 0 Å². The van der Waals surface area contributed by atoms with Crippen LogP contribution in [0.25, 0.3) is 10.8 Å². The molecule has 0 aliphatic rings. The second-order valence-corrected chi connectivity index (χ2v) is 2.94. The van der Waals surface area contributed by atoms with Crippen LogP contribution in [0, 0.1) is 0 Å². The van der Waals surface area contributed by atoms with Gasteiger partial charge in [0, 0.05) is 24.0 Å². The fourth-order valence-corrected chi connectivity index (χ4v) is 1.38. The maximum atomic E-state index is 11.4. The molecule has 0 fully saturated rings. The number of methoxy groups -OCH3 is 1. The molecule has 2 heterocycles. The minimum Gasteiger partial charge on any atom is -0.465 e. The van der Waals surface area contributed by atoms with Gasteiger partial charge in [-0.3, -0.25) is 9.78 Å². The van der Waals surface area contributed by atoms with Crippen LogP contribution in [-0.4, -0.2) is 23.0 Å². The number of fused-ring (bicyclic) bond motifs is 1. The number of rotatable bonds is 1. The molecule has 2 rings (SSSR count). The van der Waals surface area contributed by atoms with E-state index in [2.05, 4.69) is 14.7 Å². The second kappa shape index (κ2) is 3.53.